The van der Waals surface area contributed by atoms with Crippen molar-refractivity contribution in [3.8, 4) is 0 Å². The van der Waals surface area contributed by atoms with Crippen molar-refractivity contribution in [2.45, 2.75) is 43.6 Å². The van der Waals surface area contributed by atoms with E-state index < -0.39 is 6.04 Å². The van der Waals surface area contributed by atoms with Crippen LogP contribution in [0.15, 0.2) is 24.3 Å². The molecular formula is C17H26ClFN2O2. The Morgan fingerprint density at radius 3 is 2.70 bits per heavy atom. The third kappa shape index (κ3) is 5.16. The predicted octanol–water partition coefficient (Wildman–Crippen LogP) is 2.54. The number of carbonyl (C=O) groups is 1. The molecule has 1 unspecified atom stereocenters. The fraction of sp³-hybridized carbons (Fsp3) is 0.588. The van der Waals surface area contributed by atoms with Gasteiger partial charge in [0.25, 0.3) is 0 Å². The van der Waals surface area contributed by atoms with Crippen LogP contribution in [-0.2, 0) is 14.9 Å². The molecule has 1 atom stereocenters. The van der Waals surface area contributed by atoms with Gasteiger partial charge in [-0.3, -0.25) is 4.79 Å². The summed E-state index contributed by atoms with van der Waals surface area (Å²) in [6, 6.07) is 6.06. The molecule has 6 heteroatoms. The fourth-order valence-corrected chi connectivity index (χ4v) is 3.26. The number of nitrogens with one attached hydrogen (secondary N) is 1. The molecule has 0 saturated heterocycles. The average molecular weight is 345 g/mol. The number of halogens is 2. The first-order chi connectivity index (χ1) is 10.6. The van der Waals surface area contributed by atoms with E-state index in [1.807, 2.05) is 6.07 Å². The van der Waals surface area contributed by atoms with Crippen LogP contribution in [0.5, 0.6) is 0 Å². The maximum atomic E-state index is 13.6. The number of amides is 1. The van der Waals surface area contributed by atoms with Crippen LogP contribution in [0.1, 0.15) is 37.7 Å². The van der Waals surface area contributed by atoms with Crippen LogP contribution in [0.3, 0.4) is 0 Å². The molecule has 2 rings (SSSR count). The fourth-order valence-electron chi connectivity index (χ4n) is 3.26. The van der Waals surface area contributed by atoms with E-state index in [9.17, 15) is 9.18 Å². The maximum absolute atomic E-state index is 13.6. The molecule has 0 spiro atoms. The number of methoxy groups -OCH3 is 1. The second kappa shape index (κ2) is 9.21. The molecule has 3 N–H and O–H groups in total. The molecule has 1 saturated carbocycles. The summed E-state index contributed by atoms with van der Waals surface area (Å²) in [7, 11) is 1.52. The third-order valence-corrected chi connectivity index (χ3v) is 4.53. The zero-order chi connectivity index (χ0) is 16.0. The monoisotopic (exact) mass is 344 g/mol. The minimum atomic E-state index is -0.668. The lowest BCUT2D eigenvalue weighted by atomic mass is 9.69. The lowest BCUT2D eigenvalue weighted by molar-refractivity contribution is -0.123. The molecular weight excluding hydrogens is 319 g/mol. The van der Waals surface area contributed by atoms with Crippen molar-refractivity contribution in [2.75, 3.05) is 20.3 Å². The number of hydrogen-bond donors (Lipinski definition) is 2. The summed E-state index contributed by atoms with van der Waals surface area (Å²) in [5, 5.41) is 2.93. The van der Waals surface area contributed by atoms with Crippen LogP contribution in [-0.4, -0.2) is 32.2 Å². The first-order valence-corrected chi connectivity index (χ1v) is 7.86. The number of hydrogen-bond acceptors (Lipinski definition) is 3. The van der Waals surface area contributed by atoms with Gasteiger partial charge in [-0.2, -0.15) is 0 Å². The van der Waals surface area contributed by atoms with E-state index in [1.165, 1.54) is 19.6 Å². The average Bonchev–Trinajstić information content (AvgIpc) is 2.53. The lowest BCUT2D eigenvalue weighted by Crippen LogP contribution is -2.49. The van der Waals surface area contributed by atoms with Crippen molar-refractivity contribution in [1.82, 2.24) is 5.32 Å². The first kappa shape index (κ1) is 19.9. The largest absolute Gasteiger partial charge is 0.383 e. The molecule has 1 aromatic carbocycles. The van der Waals surface area contributed by atoms with Gasteiger partial charge in [0.05, 0.1) is 6.61 Å². The summed E-state index contributed by atoms with van der Waals surface area (Å²) in [6.45, 7) is 0.686. The Morgan fingerprint density at radius 1 is 1.39 bits per heavy atom. The lowest BCUT2D eigenvalue weighted by Gasteiger charge is -2.38. The second-order valence-corrected chi connectivity index (χ2v) is 6.13. The highest BCUT2D eigenvalue weighted by atomic mass is 35.5. The highest BCUT2D eigenvalue weighted by molar-refractivity contribution is 5.85. The van der Waals surface area contributed by atoms with Gasteiger partial charge in [-0.1, -0.05) is 31.4 Å². The predicted molar refractivity (Wildman–Crippen MR) is 91.3 cm³/mol. The standard InChI is InChI=1S/C17H25FN2O2.ClH/c1-22-11-15(19)16(21)20-12-17(8-3-2-4-9-17)13-6-5-7-14(18)10-13;/h5-7,10,15H,2-4,8-9,11-12,19H2,1H3,(H,20,21);1H. The summed E-state index contributed by atoms with van der Waals surface area (Å²) >= 11 is 0. The molecule has 0 bridgehead atoms. The van der Waals surface area contributed by atoms with E-state index in [0.29, 0.717) is 6.54 Å². The van der Waals surface area contributed by atoms with Gasteiger partial charge in [0.2, 0.25) is 5.91 Å². The van der Waals surface area contributed by atoms with Gasteiger partial charge in [0.1, 0.15) is 11.9 Å². The number of benzene rings is 1. The van der Waals surface area contributed by atoms with Crippen molar-refractivity contribution in [3.63, 3.8) is 0 Å². The Hall–Kier alpha value is -1.17. The molecule has 23 heavy (non-hydrogen) atoms. The highest BCUT2D eigenvalue weighted by Gasteiger charge is 2.34. The Morgan fingerprint density at radius 2 is 2.09 bits per heavy atom. The highest BCUT2D eigenvalue weighted by Crippen LogP contribution is 2.39. The van der Waals surface area contributed by atoms with E-state index in [4.69, 9.17) is 10.5 Å². The van der Waals surface area contributed by atoms with E-state index in [0.717, 1.165) is 31.2 Å². The molecule has 1 fully saturated rings. The van der Waals surface area contributed by atoms with Gasteiger partial charge in [0.15, 0.2) is 0 Å². The van der Waals surface area contributed by atoms with Gasteiger partial charge < -0.3 is 15.8 Å². The number of nitrogens with two attached hydrogens (primary N) is 1. The SMILES string of the molecule is COCC(N)C(=O)NCC1(c2cccc(F)c2)CCCCC1.Cl. The Labute approximate surface area is 143 Å². The van der Waals surface area contributed by atoms with Crippen molar-refractivity contribution < 1.29 is 13.9 Å². The first-order valence-electron chi connectivity index (χ1n) is 7.86. The summed E-state index contributed by atoms with van der Waals surface area (Å²) in [4.78, 5) is 12.0. The molecule has 1 amide bonds. The van der Waals surface area contributed by atoms with Gasteiger partial charge in [-0.25, -0.2) is 4.39 Å². The zero-order valence-corrected chi connectivity index (χ0v) is 14.3. The minimum absolute atomic E-state index is 0. The van der Waals surface area contributed by atoms with Crippen molar-refractivity contribution in [3.05, 3.63) is 35.6 Å². The third-order valence-electron chi connectivity index (χ3n) is 4.53. The van der Waals surface area contributed by atoms with Crippen LogP contribution in [0.4, 0.5) is 4.39 Å². The number of rotatable bonds is 6. The Bertz CT molecular complexity index is 507. The van der Waals surface area contributed by atoms with Crippen molar-refractivity contribution >= 4 is 18.3 Å². The second-order valence-electron chi connectivity index (χ2n) is 6.13. The summed E-state index contributed by atoms with van der Waals surface area (Å²) < 4.78 is 18.5. The van der Waals surface area contributed by atoms with Crippen LogP contribution in [0.25, 0.3) is 0 Å². The minimum Gasteiger partial charge on any atom is -0.383 e. The van der Waals surface area contributed by atoms with Crippen LogP contribution in [0, 0.1) is 5.82 Å². The van der Waals surface area contributed by atoms with Gasteiger partial charge in [0, 0.05) is 19.1 Å². The van der Waals surface area contributed by atoms with Crippen molar-refractivity contribution in [2.24, 2.45) is 5.73 Å². The van der Waals surface area contributed by atoms with Crippen LogP contribution < -0.4 is 11.1 Å². The molecule has 1 aliphatic rings. The number of ether oxygens (including phenoxy) is 1. The topological polar surface area (TPSA) is 64.3 Å². The van der Waals surface area contributed by atoms with Crippen LogP contribution >= 0.6 is 12.4 Å². The quantitative estimate of drug-likeness (QED) is 0.833. The smallest absolute Gasteiger partial charge is 0.239 e. The van der Waals surface area contributed by atoms with Crippen LogP contribution in [0.2, 0.25) is 0 Å². The molecule has 1 aromatic rings. The van der Waals surface area contributed by atoms with Gasteiger partial charge in [-0.05, 0) is 30.5 Å². The molecule has 0 aromatic heterocycles. The Balaban J connectivity index is 0.00000264. The van der Waals surface area contributed by atoms with E-state index in [1.54, 1.807) is 12.1 Å². The van der Waals surface area contributed by atoms with E-state index in [-0.39, 0.29) is 36.2 Å². The summed E-state index contributed by atoms with van der Waals surface area (Å²) in [6.07, 6.45) is 5.29. The van der Waals surface area contributed by atoms with Gasteiger partial charge in [-0.15, -0.1) is 12.4 Å². The molecule has 4 nitrogen and oxygen atoms in total. The maximum Gasteiger partial charge on any atom is 0.239 e. The zero-order valence-electron chi connectivity index (χ0n) is 13.5. The summed E-state index contributed by atoms with van der Waals surface area (Å²) in [5.41, 5.74) is 6.53. The molecule has 1 aliphatic carbocycles. The van der Waals surface area contributed by atoms with Gasteiger partial charge >= 0.3 is 0 Å². The molecule has 0 heterocycles. The van der Waals surface area contributed by atoms with E-state index in [2.05, 4.69) is 5.32 Å². The molecule has 0 radical (unpaired) electrons. The summed E-state index contributed by atoms with van der Waals surface area (Å²) in [5.74, 6) is -0.451. The molecule has 0 aliphatic heterocycles. The normalized spacial score (nSPS) is 17.9. The van der Waals surface area contributed by atoms with Crippen molar-refractivity contribution in [1.29, 1.82) is 0 Å². The molecule has 130 valence electrons. The Kier molecular flexibility index (Phi) is 7.95. The van der Waals surface area contributed by atoms with E-state index >= 15 is 0 Å². The number of carbonyl (C=O) groups excluding carboxylic acids is 1.